The van der Waals surface area contributed by atoms with E-state index in [9.17, 15) is 13.2 Å². The van der Waals surface area contributed by atoms with Crippen LogP contribution < -0.4 is 10.1 Å². The summed E-state index contributed by atoms with van der Waals surface area (Å²) in [7, 11) is -3.79. The van der Waals surface area contributed by atoms with Gasteiger partial charge in [-0.1, -0.05) is 25.4 Å². The van der Waals surface area contributed by atoms with Gasteiger partial charge in [-0.25, -0.2) is 8.42 Å². The predicted molar refractivity (Wildman–Crippen MR) is 102 cm³/mol. The summed E-state index contributed by atoms with van der Waals surface area (Å²) in [6.45, 7) is 7.33. The first-order chi connectivity index (χ1) is 12.3. The molecule has 1 fully saturated rings. The molecule has 1 aliphatic rings. The summed E-state index contributed by atoms with van der Waals surface area (Å²) in [5, 5.41) is 3.23. The van der Waals surface area contributed by atoms with Crippen LogP contribution in [0.4, 0.5) is 0 Å². The first kappa shape index (κ1) is 21.0. The molecule has 26 heavy (non-hydrogen) atoms. The number of hydrogen-bond donors (Lipinski definition) is 1. The molecule has 1 aliphatic heterocycles. The van der Waals surface area contributed by atoms with Gasteiger partial charge in [0.25, 0.3) is 0 Å². The highest BCUT2D eigenvalue weighted by Gasteiger charge is 2.35. The van der Waals surface area contributed by atoms with Crippen LogP contribution in [0.25, 0.3) is 0 Å². The zero-order chi connectivity index (χ0) is 19.3. The van der Waals surface area contributed by atoms with E-state index in [-0.39, 0.29) is 29.0 Å². The summed E-state index contributed by atoms with van der Waals surface area (Å²) in [6, 6.07) is 4.57. The Labute approximate surface area is 160 Å². The summed E-state index contributed by atoms with van der Waals surface area (Å²) in [4.78, 5) is 12.4. The molecular formula is C18H27ClN2O4S. The van der Waals surface area contributed by atoms with Crippen LogP contribution in [0.2, 0.25) is 5.02 Å². The molecule has 1 N–H and O–H groups in total. The zero-order valence-electron chi connectivity index (χ0n) is 15.5. The average Bonchev–Trinajstić information content (AvgIpc) is 2.61. The Morgan fingerprint density at radius 1 is 1.42 bits per heavy atom. The Bertz CT molecular complexity index is 737. The molecule has 0 saturated carbocycles. The molecule has 146 valence electrons. The molecule has 6 nitrogen and oxygen atoms in total. The second kappa shape index (κ2) is 9.06. The van der Waals surface area contributed by atoms with Gasteiger partial charge >= 0.3 is 0 Å². The van der Waals surface area contributed by atoms with Gasteiger partial charge in [-0.15, -0.1) is 0 Å². The lowest BCUT2D eigenvalue weighted by molar-refractivity contribution is -0.126. The number of hydrogen-bond acceptors (Lipinski definition) is 4. The number of nitrogens with one attached hydrogen (secondary N) is 1. The topological polar surface area (TPSA) is 75.7 Å². The molecule has 1 atom stereocenters. The summed E-state index contributed by atoms with van der Waals surface area (Å²) in [5.74, 6) is 0.201. The van der Waals surface area contributed by atoms with E-state index >= 15 is 0 Å². The molecule has 1 heterocycles. The third kappa shape index (κ3) is 5.11. The molecule has 2 rings (SSSR count). The monoisotopic (exact) mass is 402 g/mol. The molecule has 1 aromatic rings. The van der Waals surface area contributed by atoms with Crippen LogP contribution in [-0.2, 0) is 14.8 Å². The van der Waals surface area contributed by atoms with E-state index < -0.39 is 10.0 Å². The highest BCUT2D eigenvalue weighted by Crippen LogP contribution is 2.32. The van der Waals surface area contributed by atoms with E-state index in [0.29, 0.717) is 43.5 Å². The van der Waals surface area contributed by atoms with E-state index in [0.717, 1.165) is 0 Å². The fraction of sp³-hybridized carbons (Fsp3) is 0.611. The molecule has 0 aliphatic carbocycles. The number of ether oxygens (including phenoxy) is 1. The van der Waals surface area contributed by atoms with Gasteiger partial charge in [0.1, 0.15) is 10.6 Å². The number of amides is 1. The van der Waals surface area contributed by atoms with Crippen molar-refractivity contribution in [1.29, 1.82) is 0 Å². The summed E-state index contributed by atoms with van der Waals surface area (Å²) >= 11 is 6.01. The maximum atomic E-state index is 13.1. The van der Waals surface area contributed by atoms with Crippen molar-refractivity contribution in [3.8, 4) is 5.75 Å². The Hall–Kier alpha value is -1.31. The molecule has 0 bridgehead atoms. The molecule has 0 unspecified atom stereocenters. The smallest absolute Gasteiger partial charge is 0.246 e. The summed E-state index contributed by atoms with van der Waals surface area (Å²) in [5.41, 5.74) is 0. The third-order valence-corrected chi connectivity index (χ3v) is 6.38. The fourth-order valence-corrected chi connectivity index (χ4v) is 4.84. The van der Waals surface area contributed by atoms with Gasteiger partial charge < -0.3 is 10.1 Å². The SMILES string of the molecule is CCOc1ccc(Cl)cc1S(=O)(=O)N1CCC[C@H](C(=O)NCC(C)C)C1. The van der Waals surface area contributed by atoms with Crippen LogP contribution in [-0.4, -0.2) is 44.9 Å². The number of sulfonamides is 1. The van der Waals surface area contributed by atoms with Crippen molar-refractivity contribution in [1.82, 2.24) is 9.62 Å². The highest BCUT2D eigenvalue weighted by molar-refractivity contribution is 7.89. The third-order valence-electron chi connectivity index (χ3n) is 4.26. The van der Waals surface area contributed by atoms with Crippen LogP contribution >= 0.6 is 11.6 Å². The van der Waals surface area contributed by atoms with Gasteiger partial charge in [-0.2, -0.15) is 4.31 Å². The Kier molecular flexibility index (Phi) is 7.32. The molecule has 0 spiro atoms. The number of carbonyl (C=O) groups excluding carboxylic acids is 1. The summed E-state index contributed by atoms with van der Waals surface area (Å²) < 4.78 is 33.1. The molecule has 1 saturated heterocycles. The van der Waals surface area contributed by atoms with Gasteiger partial charge in [-0.05, 0) is 43.9 Å². The van der Waals surface area contributed by atoms with Crippen molar-refractivity contribution in [2.75, 3.05) is 26.2 Å². The van der Waals surface area contributed by atoms with Crippen LogP contribution in [0.5, 0.6) is 5.75 Å². The number of carbonyl (C=O) groups is 1. The number of rotatable bonds is 7. The average molecular weight is 403 g/mol. The Morgan fingerprint density at radius 2 is 2.15 bits per heavy atom. The number of benzene rings is 1. The first-order valence-electron chi connectivity index (χ1n) is 8.96. The van der Waals surface area contributed by atoms with Crippen molar-refractivity contribution in [3.63, 3.8) is 0 Å². The lowest BCUT2D eigenvalue weighted by atomic mass is 9.98. The van der Waals surface area contributed by atoms with Crippen molar-refractivity contribution in [3.05, 3.63) is 23.2 Å². The minimum absolute atomic E-state index is 0.0510. The molecule has 1 aromatic carbocycles. The molecule has 0 radical (unpaired) electrons. The van der Waals surface area contributed by atoms with Gasteiger partial charge in [0.2, 0.25) is 15.9 Å². The second-order valence-corrected chi connectivity index (χ2v) is 9.21. The van der Waals surface area contributed by atoms with Crippen LogP contribution in [0.3, 0.4) is 0 Å². The minimum Gasteiger partial charge on any atom is -0.492 e. The van der Waals surface area contributed by atoms with Gasteiger partial charge in [0, 0.05) is 24.7 Å². The number of halogens is 1. The first-order valence-corrected chi connectivity index (χ1v) is 10.8. The van der Waals surface area contributed by atoms with Crippen molar-refractivity contribution in [2.24, 2.45) is 11.8 Å². The molecular weight excluding hydrogens is 376 g/mol. The van der Waals surface area contributed by atoms with Gasteiger partial charge in [-0.3, -0.25) is 4.79 Å². The van der Waals surface area contributed by atoms with E-state index in [4.69, 9.17) is 16.3 Å². The standard InChI is InChI=1S/C18H27ClN2O4S/c1-4-25-16-8-7-15(19)10-17(16)26(23,24)21-9-5-6-14(12-21)18(22)20-11-13(2)3/h7-8,10,13-14H,4-6,9,11-12H2,1-3H3,(H,20,22)/t14-/m0/s1. The predicted octanol–water partition coefficient (Wildman–Crippen LogP) is 2.91. The Balaban J connectivity index is 2.21. The van der Waals surface area contributed by atoms with E-state index in [1.807, 2.05) is 13.8 Å². The van der Waals surface area contributed by atoms with Crippen LogP contribution in [0.1, 0.15) is 33.6 Å². The molecule has 1 amide bonds. The van der Waals surface area contributed by atoms with E-state index in [2.05, 4.69) is 5.32 Å². The maximum absolute atomic E-state index is 13.1. The quantitative estimate of drug-likeness (QED) is 0.760. The van der Waals surface area contributed by atoms with E-state index in [1.54, 1.807) is 19.1 Å². The highest BCUT2D eigenvalue weighted by atomic mass is 35.5. The van der Waals surface area contributed by atoms with Crippen molar-refractivity contribution in [2.45, 2.75) is 38.5 Å². The molecule has 8 heteroatoms. The van der Waals surface area contributed by atoms with Crippen LogP contribution in [0, 0.1) is 11.8 Å². The minimum atomic E-state index is -3.79. The normalized spacial score (nSPS) is 18.7. The van der Waals surface area contributed by atoms with Crippen molar-refractivity contribution < 1.29 is 17.9 Å². The maximum Gasteiger partial charge on any atom is 0.246 e. The van der Waals surface area contributed by atoms with Crippen molar-refractivity contribution >= 4 is 27.5 Å². The lowest BCUT2D eigenvalue weighted by Gasteiger charge is -2.31. The largest absolute Gasteiger partial charge is 0.492 e. The second-order valence-electron chi connectivity index (χ2n) is 6.87. The Morgan fingerprint density at radius 3 is 2.81 bits per heavy atom. The number of nitrogens with zero attached hydrogens (tertiary/aromatic N) is 1. The van der Waals surface area contributed by atoms with Gasteiger partial charge in [0.05, 0.1) is 12.5 Å². The molecule has 0 aromatic heterocycles. The fourth-order valence-electron chi connectivity index (χ4n) is 2.92. The summed E-state index contributed by atoms with van der Waals surface area (Å²) in [6.07, 6.45) is 1.33. The van der Waals surface area contributed by atoms with E-state index in [1.165, 1.54) is 10.4 Å². The van der Waals surface area contributed by atoms with Gasteiger partial charge in [0.15, 0.2) is 0 Å². The number of piperidine rings is 1. The zero-order valence-corrected chi connectivity index (χ0v) is 17.1. The van der Waals surface area contributed by atoms with Crippen LogP contribution in [0.15, 0.2) is 23.1 Å². The lowest BCUT2D eigenvalue weighted by Crippen LogP contribution is -2.46.